The van der Waals surface area contributed by atoms with Crippen LogP contribution in [-0.2, 0) is 6.42 Å². The molecule has 1 aliphatic heterocycles. The van der Waals surface area contributed by atoms with Gasteiger partial charge in [-0.3, -0.25) is 0 Å². The van der Waals surface area contributed by atoms with E-state index in [1.165, 1.54) is 12.1 Å². The summed E-state index contributed by atoms with van der Waals surface area (Å²) in [6.07, 6.45) is 0.484. The van der Waals surface area contributed by atoms with E-state index in [0.29, 0.717) is 39.9 Å². The van der Waals surface area contributed by atoms with Crippen molar-refractivity contribution in [3.63, 3.8) is 0 Å². The molecule has 1 heterocycles. The first-order valence-corrected chi connectivity index (χ1v) is 6.99. The Morgan fingerprint density at radius 2 is 2.05 bits per heavy atom. The van der Waals surface area contributed by atoms with Crippen molar-refractivity contribution in [2.75, 3.05) is 6.54 Å². The molecule has 0 aromatic heterocycles. The zero-order valence-corrected chi connectivity index (χ0v) is 12.0. The van der Waals surface area contributed by atoms with Gasteiger partial charge in [0, 0.05) is 29.7 Å². The van der Waals surface area contributed by atoms with Crippen molar-refractivity contribution in [3.8, 4) is 16.9 Å². The summed E-state index contributed by atoms with van der Waals surface area (Å²) < 4.78 is 19.6. The summed E-state index contributed by atoms with van der Waals surface area (Å²) in [5.41, 5.74) is 7.71. The lowest BCUT2D eigenvalue weighted by atomic mass is 10.00. The van der Waals surface area contributed by atoms with Crippen LogP contribution >= 0.6 is 23.2 Å². The smallest absolute Gasteiger partial charge is 0.131 e. The summed E-state index contributed by atoms with van der Waals surface area (Å²) in [5, 5.41) is 0.817. The van der Waals surface area contributed by atoms with Gasteiger partial charge < -0.3 is 10.5 Å². The molecule has 0 amide bonds. The van der Waals surface area contributed by atoms with Crippen LogP contribution < -0.4 is 10.5 Å². The monoisotopic (exact) mass is 311 g/mol. The van der Waals surface area contributed by atoms with E-state index >= 15 is 0 Å². The minimum Gasteiger partial charge on any atom is -0.488 e. The van der Waals surface area contributed by atoms with Gasteiger partial charge in [-0.05, 0) is 18.2 Å². The Balaban J connectivity index is 2.18. The van der Waals surface area contributed by atoms with Crippen LogP contribution in [-0.4, -0.2) is 12.6 Å². The van der Waals surface area contributed by atoms with Crippen molar-refractivity contribution in [3.05, 3.63) is 51.8 Å². The molecule has 0 fully saturated rings. The van der Waals surface area contributed by atoms with E-state index in [2.05, 4.69) is 0 Å². The number of benzene rings is 2. The predicted octanol–water partition coefficient (Wildman–Crippen LogP) is 4.06. The molecule has 0 bridgehead atoms. The Labute approximate surface area is 126 Å². The highest BCUT2D eigenvalue weighted by molar-refractivity contribution is 6.43. The fourth-order valence-electron chi connectivity index (χ4n) is 2.44. The van der Waals surface area contributed by atoms with E-state index in [9.17, 15) is 4.39 Å². The first kappa shape index (κ1) is 13.7. The quantitative estimate of drug-likeness (QED) is 0.907. The Bertz CT molecular complexity index is 675. The summed E-state index contributed by atoms with van der Waals surface area (Å²) in [6, 6.07) is 8.15. The van der Waals surface area contributed by atoms with Gasteiger partial charge in [-0.2, -0.15) is 0 Å². The Kier molecular flexibility index (Phi) is 3.59. The molecule has 20 heavy (non-hydrogen) atoms. The first-order chi connectivity index (χ1) is 9.60. The summed E-state index contributed by atoms with van der Waals surface area (Å²) in [6.45, 7) is 0.388. The second-order valence-corrected chi connectivity index (χ2v) is 5.51. The van der Waals surface area contributed by atoms with E-state index in [0.717, 1.165) is 5.56 Å². The van der Waals surface area contributed by atoms with Crippen LogP contribution in [0.4, 0.5) is 4.39 Å². The van der Waals surface area contributed by atoms with Crippen LogP contribution in [0.2, 0.25) is 10.0 Å². The summed E-state index contributed by atoms with van der Waals surface area (Å²) >= 11 is 12.2. The molecule has 1 aliphatic rings. The van der Waals surface area contributed by atoms with Gasteiger partial charge in [0.15, 0.2) is 0 Å². The molecule has 0 aliphatic carbocycles. The van der Waals surface area contributed by atoms with Gasteiger partial charge in [-0.1, -0.05) is 35.3 Å². The lowest BCUT2D eigenvalue weighted by Gasteiger charge is -2.12. The number of nitrogens with two attached hydrogens (primary N) is 1. The Morgan fingerprint density at radius 3 is 2.80 bits per heavy atom. The molecule has 3 rings (SSSR count). The molecule has 0 unspecified atom stereocenters. The second-order valence-electron chi connectivity index (χ2n) is 4.72. The van der Waals surface area contributed by atoms with Crippen LogP contribution in [0, 0.1) is 5.82 Å². The highest BCUT2D eigenvalue weighted by Crippen LogP contribution is 2.43. The zero-order chi connectivity index (χ0) is 14.3. The van der Waals surface area contributed by atoms with Gasteiger partial charge in [0.25, 0.3) is 0 Å². The number of rotatable bonds is 2. The minimum absolute atomic E-state index is 0.122. The molecule has 1 atom stereocenters. The number of ether oxygens (including phenoxy) is 1. The molecule has 5 heteroatoms. The lowest BCUT2D eigenvalue weighted by molar-refractivity contribution is 0.242. The zero-order valence-electron chi connectivity index (χ0n) is 10.5. The van der Waals surface area contributed by atoms with E-state index in [-0.39, 0.29) is 11.9 Å². The van der Waals surface area contributed by atoms with Gasteiger partial charge in [0.05, 0.1) is 10.0 Å². The normalized spacial score (nSPS) is 16.9. The Morgan fingerprint density at radius 1 is 1.25 bits per heavy atom. The van der Waals surface area contributed by atoms with Crippen molar-refractivity contribution in [1.82, 2.24) is 0 Å². The fraction of sp³-hybridized carbons (Fsp3) is 0.200. The molecule has 104 valence electrons. The molecule has 0 spiro atoms. The standard InChI is InChI=1S/C15H12Cl2FNO/c16-13-3-1-2-11(14(13)17)12-6-9(18)4-8-5-10(7-19)20-15(8)12/h1-4,6,10H,5,7,19H2/t10-/m0/s1. The van der Waals surface area contributed by atoms with Gasteiger partial charge in [-0.25, -0.2) is 4.39 Å². The summed E-state index contributed by atoms with van der Waals surface area (Å²) in [4.78, 5) is 0. The van der Waals surface area contributed by atoms with Gasteiger partial charge in [-0.15, -0.1) is 0 Å². The maximum atomic E-state index is 13.8. The van der Waals surface area contributed by atoms with E-state index in [1.807, 2.05) is 0 Å². The van der Waals surface area contributed by atoms with Gasteiger partial charge in [0.2, 0.25) is 0 Å². The number of hydrogen-bond acceptors (Lipinski definition) is 2. The van der Waals surface area contributed by atoms with E-state index in [4.69, 9.17) is 33.7 Å². The topological polar surface area (TPSA) is 35.2 Å². The summed E-state index contributed by atoms with van der Waals surface area (Å²) in [5.74, 6) is 0.321. The average Bonchev–Trinajstić information content (AvgIpc) is 2.84. The van der Waals surface area contributed by atoms with Crippen molar-refractivity contribution in [2.24, 2.45) is 5.73 Å². The number of fused-ring (bicyclic) bond motifs is 1. The van der Waals surface area contributed by atoms with E-state index < -0.39 is 0 Å². The number of hydrogen-bond donors (Lipinski definition) is 1. The molecule has 2 aromatic rings. The molecule has 0 saturated carbocycles. The number of halogens is 3. The third-order valence-electron chi connectivity index (χ3n) is 3.37. The van der Waals surface area contributed by atoms with Crippen molar-refractivity contribution < 1.29 is 9.13 Å². The SMILES string of the molecule is NC[C@@H]1Cc2cc(F)cc(-c3cccc(Cl)c3Cl)c2O1. The van der Waals surface area contributed by atoms with Crippen molar-refractivity contribution in [1.29, 1.82) is 0 Å². The van der Waals surface area contributed by atoms with Crippen LogP contribution in [0.1, 0.15) is 5.56 Å². The largest absolute Gasteiger partial charge is 0.488 e. The third-order valence-corrected chi connectivity index (χ3v) is 4.19. The molecular formula is C15H12Cl2FNO. The molecule has 2 aromatic carbocycles. The van der Waals surface area contributed by atoms with Crippen LogP contribution in [0.3, 0.4) is 0 Å². The predicted molar refractivity (Wildman–Crippen MR) is 79.0 cm³/mol. The van der Waals surface area contributed by atoms with Crippen LogP contribution in [0.25, 0.3) is 11.1 Å². The molecular weight excluding hydrogens is 300 g/mol. The third kappa shape index (κ3) is 2.26. The van der Waals surface area contributed by atoms with Crippen molar-refractivity contribution in [2.45, 2.75) is 12.5 Å². The second kappa shape index (κ2) is 5.24. The highest BCUT2D eigenvalue weighted by atomic mass is 35.5. The minimum atomic E-state index is -0.323. The first-order valence-electron chi connectivity index (χ1n) is 6.23. The summed E-state index contributed by atoms with van der Waals surface area (Å²) in [7, 11) is 0. The van der Waals surface area contributed by atoms with E-state index in [1.54, 1.807) is 18.2 Å². The van der Waals surface area contributed by atoms with Crippen LogP contribution in [0.15, 0.2) is 30.3 Å². The van der Waals surface area contributed by atoms with Crippen LogP contribution in [0.5, 0.6) is 5.75 Å². The maximum absolute atomic E-state index is 13.8. The lowest BCUT2D eigenvalue weighted by Crippen LogP contribution is -2.24. The van der Waals surface area contributed by atoms with Crippen molar-refractivity contribution >= 4 is 23.2 Å². The van der Waals surface area contributed by atoms with Gasteiger partial charge in [0.1, 0.15) is 17.7 Å². The highest BCUT2D eigenvalue weighted by Gasteiger charge is 2.26. The molecule has 2 N–H and O–H groups in total. The Hall–Kier alpha value is -1.29. The molecule has 2 nitrogen and oxygen atoms in total. The fourth-order valence-corrected chi connectivity index (χ4v) is 2.84. The molecule has 0 saturated heterocycles. The van der Waals surface area contributed by atoms with Gasteiger partial charge >= 0.3 is 0 Å². The maximum Gasteiger partial charge on any atom is 0.131 e. The molecule has 0 radical (unpaired) electrons. The average molecular weight is 312 g/mol.